The van der Waals surface area contributed by atoms with Crippen LogP contribution in [0.15, 0.2) is 30.3 Å². The summed E-state index contributed by atoms with van der Waals surface area (Å²) in [5, 5.41) is 41.5. The number of fused-ring (bicyclic) bond motifs is 1. The molecule has 0 heterocycles. The molecule has 1 aliphatic carbocycles. The second-order valence-corrected chi connectivity index (χ2v) is 6.08. The number of hydrogen-bond donors (Lipinski definition) is 5. The molecule has 1 aliphatic rings. The van der Waals surface area contributed by atoms with E-state index < -0.39 is 0 Å². The summed E-state index contributed by atoms with van der Waals surface area (Å²) < 4.78 is 0. The fourth-order valence-electron chi connectivity index (χ4n) is 3.10. The molecule has 2 aromatic rings. The summed E-state index contributed by atoms with van der Waals surface area (Å²) >= 11 is 0. The molecule has 5 N–H and O–H groups in total. The van der Waals surface area contributed by atoms with Gasteiger partial charge in [-0.15, -0.1) is 0 Å². The van der Waals surface area contributed by atoms with Crippen molar-refractivity contribution in [1.82, 2.24) is 5.32 Å². The Hall–Kier alpha value is -2.40. The molecule has 1 unspecified atom stereocenters. The summed E-state index contributed by atoms with van der Waals surface area (Å²) in [7, 11) is 0. The summed E-state index contributed by atoms with van der Waals surface area (Å²) in [6, 6.07) is 8.51. The lowest BCUT2D eigenvalue weighted by Crippen LogP contribution is -2.35. The molecule has 0 spiro atoms. The van der Waals surface area contributed by atoms with Crippen LogP contribution in [0.4, 0.5) is 0 Å². The zero-order valence-electron chi connectivity index (χ0n) is 12.8. The van der Waals surface area contributed by atoms with Gasteiger partial charge in [-0.2, -0.15) is 0 Å². The number of hydrogen-bond acceptors (Lipinski definition) is 5. The van der Waals surface area contributed by atoms with E-state index in [9.17, 15) is 20.4 Å². The number of aryl methyl sites for hydroxylation is 1. The first-order chi connectivity index (χ1) is 11.0. The molecule has 0 amide bonds. The third-order valence-corrected chi connectivity index (χ3v) is 4.41. The average Bonchev–Trinajstić information content (AvgIpc) is 2.52. The first-order valence-corrected chi connectivity index (χ1v) is 7.81. The van der Waals surface area contributed by atoms with Crippen molar-refractivity contribution in [2.24, 2.45) is 0 Å². The Morgan fingerprint density at radius 1 is 0.870 bits per heavy atom. The molecule has 0 radical (unpaired) electrons. The third kappa shape index (κ3) is 3.51. The molecule has 2 aromatic carbocycles. The minimum Gasteiger partial charge on any atom is -0.504 e. The minimum absolute atomic E-state index is 0.0534. The van der Waals surface area contributed by atoms with Crippen LogP contribution in [-0.2, 0) is 19.3 Å². The zero-order chi connectivity index (χ0) is 16.4. The summed E-state index contributed by atoms with van der Waals surface area (Å²) in [5.41, 5.74) is 3.14. The van der Waals surface area contributed by atoms with Gasteiger partial charge in [0.05, 0.1) is 0 Å². The lowest BCUT2D eigenvalue weighted by molar-refractivity contribution is 0.398. The Labute approximate surface area is 134 Å². The van der Waals surface area contributed by atoms with Gasteiger partial charge in [0.15, 0.2) is 23.0 Å². The van der Waals surface area contributed by atoms with Crippen LogP contribution in [0.2, 0.25) is 0 Å². The Balaban J connectivity index is 1.55. The van der Waals surface area contributed by atoms with E-state index in [4.69, 9.17) is 0 Å². The number of rotatable bonds is 4. The van der Waals surface area contributed by atoms with E-state index in [1.807, 2.05) is 0 Å². The first kappa shape index (κ1) is 15.5. The Bertz CT molecular complexity index is 714. The highest BCUT2D eigenvalue weighted by molar-refractivity contribution is 5.47. The molecule has 0 aromatic heterocycles. The van der Waals surface area contributed by atoms with E-state index in [2.05, 4.69) is 5.32 Å². The van der Waals surface area contributed by atoms with Gasteiger partial charge in [-0.3, -0.25) is 0 Å². The first-order valence-electron chi connectivity index (χ1n) is 7.81. The second kappa shape index (κ2) is 6.38. The summed E-state index contributed by atoms with van der Waals surface area (Å²) in [5.74, 6) is -0.315. The van der Waals surface area contributed by atoms with E-state index in [1.54, 1.807) is 24.3 Å². The van der Waals surface area contributed by atoms with Gasteiger partial charge in [0.25, 0.3) is 0 Å². The van der Waals surface area contributed by atoms with Gasteiger partial charge in [0.2, 0.25) is 0 Å². The Morgan fingerprint density at radius 3 is 2.30 bits per heavy atom. The van der Waals surface area contributed by atoms with Crippen molar-refractivity contribution in [1.29, 1.82) is 0 Å². The van der Waals surface area contributed by atoms with Crippen molar-refractivity contribution < 1.29 is 20.4 Å². The highest BCUT2D eigenvalue weighted by Gasteiger charge is 2.20. The molecule has 0 bridgehead atoms. The van der Waals surface area contributed by atoms with Gasteiger partial charge in [-0.1, -0.05) is 6.07 Å². The van der Waals surface area contributed by atoms with E-state index in [0.717, 1.165) is 48.9 Å². The summed E-state index contributed by atoms with van der Waals surface area (Å²) in [6.07, 6.45) is 3.45. The van der Waals surface area contributed by atoms with Gasteiger partial charge < -0.3 is 25.7 Å². The number of nitrogens with one attached hydrogen (secondary N) is 1. The van der Waals surface area contributed by atoms with E-state index in [0.29, 0.717) is 6.04 Å². The number of phenolic OH excluding ortho intramolecular Hbond substituents is 4. The van der Waals surface area contributed by atoms with Crippen molar-refractivity contribution in [2.45, 2.75) is 31.7 Å². The SMILES string of the molecule is Oc1ccc(CCNC2CCc3cc(O)c(O)cc3C2)cc1O. The maximum absolute atomic E-state index is 9.62. The summed E-state index contributed by atoms with van der Waals surface area (Å²) in [4.78, 5) is 0. The van der Waals surface area contributed by atoms with E-state index in [1.165, 1.54) is 6.07 Å². The molecular weight excluding hydrogens is 294 g/mol. The predicted octanol–water partition coefficient (Wildman–Crippen LogP) is 2.20. The number of benzene rings is 2. The van der Waals surface area contributed by atoms with E-state index >= 15 is 0 Å². The lowest BCUT2D eigenvalue weighted by atomic mass is 9.88. The molecule has 122 valence electrons. The average molecular weight is 315 g/mol. The molecule has 0 fully saturated rings. The maximum atomic E-state index is 9.62. The topological polar surface area (TPSA) is 93.0 Å². The van der Waals surface area contributed by atoms with Crippen LogP contribution < -0.4 is 5.32 Å². The molecular formula is C18H21NO4. The third-order valence-electron chi connectivity index (χ3n) is 4.41. The quantitative estimate of drug-likeness (QED) is 0.558. The van der Waals surface area contributed by atoms with Crippen LogP contribution in [0.5, 0.6) is 23.0 Å². The van der Waals surface area contributed by atoms with Crippen LogP contribution >= 0.6 is 0 Å². The molecule has 0 saturated carbocycles. The Kier molecular flexibility index (Phi) is 4.30. The Morgan fingerprint density at radius 2 is 1.57 bits per heavy atom. The van der Waals surface area contributed by atoms with Gasteiger partial charge in [-0.05, 0) is 73.2 Å². The molecule has 5 nitrogen and oxygen atoms in total. The normalized spacial score (nSPS) is 17.0. The zero-order valence-corrected chi connectivity index (χ0v) is 12.8. The number of aromatic hydroxyl groups is 4. The molecule has 0 aliphatic heterocycles. The highest BCUT2D eigenvalue weighted by Crippen LogP contribution is 2.32. The van der Waals surface area contributed by atoms with Crippen molar-refractivity contribution in [3.63, 3.8) is 0 Å². The monoisotopic (exact) mass is 315 g/mol. The van der Waals surface area contributed by atoms with Crippen LogP contribution in [0.25, 0.3) is 0 Å². The van der Waals surface area contributed by atoms with Crippen LogP contribution in [0.3, 0.4) is 0 Å². The van der Waals surface area contributed by atoms with Crippen LogP contribution in [-0.4, -0.2) is 33.0 Å². The highest BCUT2D eigenvalue weighted by atomic mass is 16.3. The lowest BCUT2D eigenvalue weighted by Gasteiger charge is -2.26. The van der Waals surface area contributed by atoms with Gasteiger partial charge in [0, 0.05) is 6.04 Å². The number of phenols is 4. The van der Waals surface area contributed by atoms with Gasteiger partial charge in [-0.25, -0.2) is 0 Å². The molecule has 0 saturated heterocycles. The summed E-state index contributed by atoms with van der Waals surface area (Å²) in [6.45, 7) is 0.772. The molecule has 3 rings (SSSR count). The van der Waals surface area contributed by atoms with Crippen molar-refractivity contribution in [3.8, 4) is 23.0 Å². The fraction of sp³-hybridized carbons (Fsp3) is 0.333. The minimum atomic E-state index is -0.103. The van der Waals surface area contributed by atoms with Crippen molar-refractivity contribution >= 4 is 0 Å². The largest absolute Gasteiger partial charge is 0.504 e. The van der Waals surface area contributed by atoms with E-state index in [-0.39, 0.29) is 23.0 Å². The van der Waals surface area contributed by atoms with Crippen LogP contribution in [0, 0.1) is 0 Å². The van der Waals surface area contributed by atoms with Gasteiger partial charge in [0.1, 0.15) is 0 Å². The van der Waals surface area contributed by atoms with Crippen molar-refractivity contribution in [3.05, 3.63) is 47.0 Å². The van der Waals surface area contributed by atoms with Crippen molar-refractivity contribution in [2.75, 3.05) is 6.54 Å². The predicted molar refractivity (Wildman–Crippen MR) is 87.1 cm³/mol. The smallest absolute Gasteiger partial charge is 0.157 e. The molecule has 23 heavy (non-hydrogen) atoms. The fourth-order valence-corrected chi connectivity index (χ4v) is 3.10. The van der Waals surface area contributed by atoms with Crippen LogP contribution in [0.1, 0.15) is 23.1 Å². The standard InChI is InChI=1S/C18H21NO4/c20-15-4-1-11(7-16(15)21)5-6-19-14-3-2-12-9-17(22)18(23)10-13(12)8-14/h1,4,7,9-10,14,19-23H,2-3,5-6,8H2. The van der Waals surface area contributed by atoms with Gasteiger partial charge >= 0.3 is 0 Å². The molecule has 5 heteroatoms. The molecule has 1 atom stereocenters. The maximum Gasteiger partial charge on any atom is 0.157 e. The second-order valence-electron chi connectivity index (χ2n) is 6.08.